The Hall–Kier alpha value is -1.19. The van der Waals surface area contributed by atoms with E-state index in [0.29, 0.717) is 0 Å². The van der Waals surface area contributed by atoms with Crippen molar-refractivity contribution in [1.29, 1.82) is 5.26 Å². The average Bonchev–Trinajstić information content (AvgIpc) is 2.30. The molecule has 1 rings (SSSR count). The first-order chi connectivity index (χ1) is 9.15. The zero-order valence-corrected chi connectivity index (χ0v) is 13.3. The van der Waals surface area contributed by atoms with Crippen LogP contribution >= 0.6 is 12.6 Å². The van der Waals surface area contributed by atoms with Gasteiger partial charge in [-0.2, -0.15) is 31.1 Å². The van der Waals surface area contributed by atoms with Gasteiger partial charge in [0.15, 0.2) is 0 Å². The molecule has 0 fully saturated rings. The standard InChI is InChI=1S/C8H10S.C2H3F3.C2H3N.C2H6O.5CH4/c1-7-2-4-8(6-9)5-3-7;1-2(3,4)5;1-2-3;1-3-2;;;;;/h2-5,9H,6H2,1H3;1H3;1H3;1-2H3;5*1H4. The van der Waals surface area contributed by atoms with Gasteiger partial charge in [-0.1, -0.05) is 67.0 Å². The minimum absolute atomic E-state index is 0. The molecule has 0 N–H and O–H groups in total. The molecule has 25 heavy (non-hydrogen) atoms. The van der Waals surface area contributed by atoms with E-state index in [-0.39, 0.29) is 44.1 Å². The Kier molecular flexibility index (Phi) is 67.8. The van der Waals surface area contributed by atoms with Crippen molar-refractivity contribution < 1.29 is 17.9 Å². The lowest BCUT2D eigenvalue weighted by Gasteiger charge is -1.94. The van der Waals surface area contributed by atoms with Gasteiger partial charge in [-0.25, -0.2) is 0 Å². The van der Waals surface area contributed by atoms with E-state index in [4.69, 9.17) is 5.26 Å². The van der Waals surface area contributed by atoms with E-state index >= 15 is 0 Å². The molecule has 0 amide bonds. The molecule has 0 saturated heterocycles. The van der Waals surface area contributed by atoms with Crippen molar-refractivity contribution in [3.63, 3.8) is 0 Å². The van der Waals surface area contributed by atoms with Gasteiger partial charge < -0.3 is 4.74 Å². The summed E-state index contributed by atoms with van der Waals surface area (Å²) in [6.07, 6.45) is -4.00. The van der Waals surface area contributed by atoms with Crippen molar-refractivity contribution in [2.75, 3.05) is 14.2 Å². The summed E-state index contributed by atoms with van der Waals surface area (Å²) in [6, 6.07) is 10.2. The number of hydrogen-bond acceptors (Lipinski definition) is 3. The lowest BCUT2D eigenvalue weighted by molar-refractivity contribution is -0.110. The predicted molar refractivity (Wildman–Crippen MR) is 113 cm³/mol. The quantitative estimate of drug-likeness (QED) is 0.494. The summed E-state index contributed by atoms with van der Waals surface area (Å²) < 4.78 is 35.3. The van der Waals surface area contributed by atoms with Crippen LogP contribution in [0.4, 0.5) is 13.2 Å². The molecule has 156 valence electrons. The average molecular weight is 390 g/mol. The van der Waals surface area contributed by atoms with Crippen LogP contribution in [0.25, 0.3) is 0 Å². The number of ether oxygens (including phenoxy) is 1. The zero-order valence-electron chi connectivity index (χ0n) is 12.5. The third-order valence-corrected chi connectivity index (χ3v) is 1.67. The van der Waals surface area contributed by atoms with Crippen molar-refractivity contribution in [2.24, 2.45) is 0 Å². The highest BCUT2D eigenvalue weighted by molar-refractivity contribution is 7.79. The molecule has 0 atom stereocenters. The number of nitrogens with zero attached hydrogens (tertiary/aromatic N) is 1. The molecule has 0 aliphatic rings. The lowest BCUT2D eigenvalue weighted by Crippen LogP contribution is -1.95. The number of alkyl halides is 3. The highest BCUT2D eigenvalue weighted by Gasteiger charge is 2.15. The van der Waals surface area contributed by atoms with E-state index in [1.165, 1.54) is 18.1 Å². The second-order valence-electron chi connectivity index (χ2n) is 3.56. The van der Waals surface area contributed by atoms with E-state index < -0.39 is 6.18 Å². The summed E-state index contributed by atoms with van der Waals surface area (Å²) in [6.45, 7) is 3.70. The number of thiol groups is 1. The smallest absolute Gasteiger partial charge is 0.386 e. The van der Waals surface area contributed by atoms with E-state index in [2.05, 4.69) is 48.6 Å². The molecule has 1 aromatic rings. The molecular formula is C19H42F3NOS. The molecule has 0 aliphatic heterocycles. The van der Waals surface area contributed by atoms with Crippen LogP contribution in [0, 0.1) is 18.3 Å². The van der Waals surface area contributed by atoms with Crippen LogP contribution in [-0.4, -0.2) is 20.4 Å². The Morgan fingerprint density at radius 1 is 1.00 bits per heavy atom. The predicted octanol–water partition coefficient (Wildman–Crippen LogP) is 7.97. The monoisotopic (exact) mass is 389 g/mol. The maximum absolute atomic E-state index is 10.4. The van der Waals surface area contributed by atoms with Gasteiger partial charge in [0.05, 0.1) is 6.07 Å². The van der Waals surface area contributed by atoms with Crippen molar-refractivity contribution in [1.82, 2.24) is 0 Å². The van der Waals surface area contributed by atoms with Crippen LogP contribution < -0.4 is 0 Å². The zero-order chi connectivity index (χ0) is 16.6. The molecule has 0 aliphatic carbocycles. The third-order valence-electron chi connectivity index (χ3n) is 1.30. The summed E-state index contributed by atoms with van der Waals surface area (Å²) in [5.41, 5.74) is 2.59. The van der Waals surface area contributed by atoms with Crippen LogP contribution in [-0.2, 0) is 10.5 Å². The summed E-state index contributed by atoms with van der Waals surface area (Å²) in [5.74, 6) is 0.834. The summed E-state index contributed by atoms with van der Waals surface area (Å²) >= 11 is 4.14. The van der Waals surface area contributed by atoms with E-state index in [0.717, 1.165) is 5.75 Å². The van der Waals surface area contributed by atoms with E-state index in [1.807, 2.05) is 0 Å². The van der Waals surface area contributed by atoms with Gasteiger partial charge >= 0.3 is 6.18 Å². The molecule has 0 bridgehead atoms. The van der Waals surface area contributed by atoms with Crippen LogP contribution in [0.5, 0.6) is 0 Å². The van der Waals surface area contributed by atoms with Crippen molar-refractivity contribution >= 4 is 12.6 Å². The maximum Gasteiger partial charge on any atom is 0.386 e. The first-order valence-electron chi connectivity index (χ1n) is 5.60. The van der Waals surface area contributed by atoms with Gasteiger partial charge in [-0.15, -0.1) is 0 Å². The second kappa shape index (κ2) is 34.2. The van der Waals surface area contributed by atoms with Crippen LogP contribution in [0.3, 0.4) is 0 Å². The normalized spacial score (nSPS) is 6.88. The highest BCUT2D eigenvalue weighted by Crippen LogP contribution is 2.10. The second-order valence-corrected chi connectivity index (χ2v) is 3.87. The van der Waals surface area contributed by atoms with Crippen LogP contribution in [0.1, 0.15) is 62.1 Å². The highest BCUT2D eigenvalue weighted by atomic mass is 32.1. The van der Waals surface area contributed by atoms with Gasteiger partial charge in [0.25, 0.3) is 0 Å². The van der Waals surface area contributed by atoms with Crippen molar-refractivity contribution in [3.8, 4) is 6.07 Å². The number of aryl methyl sites for hydroxylation is 1. The fraction of sp³-hybridized carbons (Fsp3) is 0.632. The van der Waals surface area contributed by atoms with Crippen LogP contribution in [0.2, 0.25) is 0 Å². The number of benzene rings is 1. The lowest BCUT2D eigenvalue weighted by atomic mass is 10.2. The summed E-state index contributed by atoms with van der Waals surface area (Å²) in [4.78, 5) is 0. The van der Waals surface area contributed by atoms with E-state index in [1.54, 1.807) is 20.3 Å². The van der Waals surface area contributed by atoms with Crippen molar-refractivity contribution in [2.45, 2.75) is 69.8 Å². The molecule has 0 heterocycles. The molecule has 1 aromatic carbocycles. The molecule has 0 radical (unpaired) electrons. The largest absolute Gasteiger partial charge is 0.388 e. The summed E-state index contributed by atoms with van der Waals surface area (Å²) in [5, 5.41) is 7.32. The molecule has 6 heteroatoms. The van der Waals surface area contributed by atoms with Gasteiger partial charge in [0.2, 0.25) is 0 Å². The molecule has 0 unspecified atom stereocenters. The Labute approximate surface area is 161 Å². The van der Waals surface area contributed by atoms with Gasteiger partial charge in [-0.05, 0) is 12.5 Å². The Bertz CT molecular complexity index is 341. The van der Waals surface area contributed by atoms with E-state index in [9.17, 15) is 13.2 Å². The molecule has 2 nitrogen and oxygen atoms in total. The minimum Gasteiger partial charge on any atom is -0.388 e. The maximum atomic E-state index is 10.4. The Balaban J connectivity index is -0.0000000268. The number of halogens is 3. The number of rotatable bonds is 1. The topological polar surface area (TPSA) is 33.0 Å². The number of hydrogen-bond donors (Lipinski definition) is 1. The first-order valence-corrected chi connectivity index (χ1v) is 6.23. The van der Waals surface area contributed by atoms with Gasteiger partial charge in [0, 0.05) is 33.8 Å². The number of nitriles is 1. The fourth-order valence-electron chi connectivity index (χ4n) is 0.693. The molecule has 0 aromatic heterocycles. The van der Waals surface area contributed by atoms with Crippen molar-refractivity contribution in [3.05, 3.63) is 35.4 Å². The Morgan fingerprint density at radius 2 is 1.20 bits per heavy atom. The first kappa shape index (κ1) is 49.6. The molecular weight excluding hydrogens is 347 g/mol. The summed E-state index contributed by atoms with van der Waals surface area (Å²) in [7, 11) is 3.25. The SMILES string of the molecule is C.C.C.C.C.CC#N.CC(F)(F)F.COC.Cc1ccc(CS)cc1. The van der Waals surface area contributed by atoms with Crippen LogP contribution in [0.15, 0.2) is 24.3 Å². The number of methoxy groups -OCH3 is 1. The third kappa shape index (κ3) is 84.5. The molecule has 0 saturated carbocycles. The Morgan fingerprint density at radius 3 is 1.36 bits per heavy atom. The fourth-order valence-corrected chi connectivity index (χ4v) is 0.904. The molecule has 0 spiro atoms. The van der Waals surface area contributed by atoms with Gasteiger partial charge in [-0.3, -0.25) is 0 Å². The minimum atomic E-state index is -4.00. The van der Waals surface area contributed by atoms with Gasteiger partial charge in [0.1, 0.15) is 0 Å².